The van der Waals surface area contributed by atoms with Crippen LogP contribution in [0, 0.1) is 0 Å². The van der Waals surface area contributed by atoms with Gasteiger partial charge in [0, 0.05) is 16.5 Å². The number of halogens is 2. The molecule has 1 aromatic rings. The van der Waals surface area contributed by atoms with Crippen LogP contribution >= 0.6 is 23.2 Å². The number of methoxy groups -OCH3 is 1. The Morgan fingerprint density at radius 3 is 2.40 bits per heavy atom. The van der Waals surface area contributed by atoms with E-state index in [0.717, 1.165) is 5.56 Å². The molecule has 0 aromatic heterocycles. The van der Waals surface area contributed by atoms with E-state index in [9.17, 15) is 5.11 Å². The minimum atomic E-state index is -0.435. The summed E-state index contributed by atoms with van der Waals surface area (Å²) < 4.78 is 5.11. The first-order chi connectivity index (χ1) is 6.92. The second kappa shape index (κ2) is 4.60. The zero-order valence-corrected chi connectivity index (χ0v) is 10.5. The van der Waals surface area contributed by atoms with Gasteiger partial charge in [-0.15, -0.1) is 0 Å². The summed E-state index contributed by atoms with van der Waals surface area (Å²) in [5.41, 5.74) is 0.353. The van der Waals surface area contributed by atoms with E-state index < -0.39 is 5.41 Å². The number of aliphatic hydroxyl groups is 1. The molecule has 1 rings (SSSR count). The molecule has 0 atom stereocenters. The van der Waals surface area contributed by atoms with Gasteiger partial charge in [-0.05, 0) is 11.6 Å². The molecule has 1 aromatic carbocycles. The minimum Gasteiger partial charge on any atom is -0.495 e. The molecular formula is C11H14Cl2O2. The predicted molar refractivity (Wildman–Crippen MR) is 63.1 cm³/mol. The van der Waals surface area contributed by atoms with E-state index in [0.29, 0.717) is 15.8 Å². The highest BCUT2D eigenvalue weighted by Gasteiger charge is 2.24. The number of rotatable bonds is 3. The quantitative estimate of drug-likeness (QED) is 0.890. The Kier molecular flexibility index (Phi) is 3.87. The van der Waals surface area contributed by atoms with E-state index in [-0.39, 0.29) is 6.61 Å². The molecule has 0 aliphatic rings. The normalized spacial score (nSPS) is 11.6. The van der Waals surface area contributed by atoms with Gasteiger partial charge in [0.1, 0.15) is 5.75 Å². The lowest BCUT2D eigenvalue weighted by atomic mass is 9.85. The fourth-order valence-corrected chi connectivity index (χ4v) is 1.94. The van der Waals surface area contributed by atoms with Gasteiger partial charge in [-0.25, -0.2) is 0 Å². The Bertz CT molecular complexity index is 362. The Labute approximate surface area is 99.8 Å². The van der Waals surface area contributed by atoms with E-state index in [1.165, 1.54) is 7.11 Å². The third-order valence-electron chi connectivity index (χ3n) is 2.35. The van der Waals surface area contributed by atoms with E-state index in [2.05, 4.69) is 0 Å². The summed E-state index contributed by atoms with van der Waals surface area (Å²) in [6.07, 6.45) is 0. The summed E-state index contributed by atoms with van der Waals surface area (Å²) >= 11 is 12.1. The molecule has 0 aliphatic heterocycles. The second-order valence-corrected chi connectivity index (χ2v) is 4.83. The molecule has 0 saturated heterocycles. The first-order valence-corrected chi connectivity index (χ1v) is 5.32. The van der Waals surface area contributed by atoms with Gasteiger partial charge in [-0.3, -0.25) is 0 Å². The Morgan fingerprint density at radius 2 is 1.93 bits per heavy atom. The van der Waals surface area contributed by atoms with Crippen molar-refractivity contribution >= 4 is 23.2 Å². The zero-order chi connectivity index (χ0) is 11.6. The van der Waals surface area contributed by atoms with E-state index in [4.69, 9.17) is 27.9 Å². The van der Waals surface area contributed by atoms with Crippen LogP contribution in [0.3, 0.4) is 0 Å². The van der Waals surface area contributed by atoms with Crippen molar-refractivity contribution in [3.05, 3.63) is 27.7 Å². The maximum absolute atomic E-state index is 9.28. The molecule has 0 radical (unpaired) electrons. The Hall–Kier alpha value is -0.440. The van der Waals surface area contributed by atoms with Gasteiger partial charge in [0.2, 0.25) is 0 Å². The minimum absolute atomic E-state index is 0.00375. The van der Waals surface area contributed by atoms with Crippen LogP contribution < -0.4 is 4.74 Å². The van der Waals surface area contributed by atoms with Crippen molar-refractivity contribution in [3.8, 4) is 5.75 Å². The zero-order valence-electron chi connectivity index (χ0n) is 8.97. The van der Waals surface area contributed by atoms with Gasteiger partial charge in [0.05, 0.1) is 18.7 Å². The fraction of sp³-hybridized carbons (Fsp3) is 0.455. The van der Waals surface area contributed by atoms with E-state index in [1.54, 1.807) is 12.1 Å². The van der Waals surface area contributed by atoms with Crippen LogP contribution in [-0.2, 0) is 5.41 Å². The van der Waals surface area contributed by atoms with Gasteiger partial charge >= 0.3 is 0 Å². The van der Waals surface area contributed by atoms with Crippen molar-refractivity contribution in [2.75, 3.05) is 13.7 Å². The van der Waals surface area contributed by atoms with Gasteiger partial charge < -0.3 is 9.84 Å². The topological polar surface area (TPSA) is 29.5 Å². The summed E-state index contributed by atoms with van der Waals surface area (Å²) in [6, 6.07) is 3.41. The van der Waals surface area contributed by atoms with Gasteiger partial charge in [0.15, 0.2) is 0 Å². The monoisotopic (exact) mass is 248 g/mol. The van der Waals surface area contributed by atoms with Gasteiger partial charge in [0.25, 0.3) is 0 Å². The summed E-state index contributed by atoms with van der Waals surface area (Å²) in [5, 5.41) is 10.3. The average molecular weight is 249 g/mol. The van der Waals surface area contributed by atoms with Crippen molar-refractivity contribution in [3.63, 3.8) is 0 Å². The van der Waals surface area contributed by atoms with Crippen LogP contribution in [-0.4, -0.2) is 18.8 Å². The summed E-state index contributed by atoms with van der Waals surface area (Å²) in [4.78, 5) is 0. The van der Waals surface area contributed by atoms with Crippen LogP contribution in [0.15, 0.2) is 12.1 Å². The number of ether oxygens (including phenoxy) is 1. The molecule has 0 heterocycles. The van der Waals surface area contributed by atoms with Crippen LogP contribution in [0.25, 0.3) is 0 Å². The third kappa shape index (κ3) is 2.57. The SMILES string of the molecule is COc1cc(Cl)cc(C(C)(C)CO)c1Cl. The van der Waals surface area contributed by atoms with E-state index >= 15 is 0 Å². The molecule has 0 amide bonds. The van der Waals surface area contributed by atoms with Gasteiger partial charge in [-0.1, -0.05) is 37.0 Å². The van der Waals surface area contributed by atoms with E-state index in [1.807, 2.05) is 13.8 Å². The lowest BCUT2D eigenvalue weighted by Gasteiger charge is -2.24. The van der Waals surface area contributed by atoms with Crippen molar-refractivity contribution in [2.24, 2.45) is 0 Å². The van der Waals surface area contributed by atoms with Crippen LogP contribution in [0.1, 0.15) is 19.4 Å². The maximum Gasteiger partial charge on any atom is 0.139 e. The number of hydrogen-bond acceptors (Lipinski definition) is 2. The summed E-state index contributed by atoms with van der Waals surface area (Å²) in [6.45, 7) is 3.78. The third-order valence-corrected chi connectivity index (χ3v) is 2.96. The molecule has 0 spiro atoms. The average Bonchev–Trinajstić information content (AvgIpc) is 2.20. The lowest BCUT2D eigenvalue weighted by molar-refractivity contribution is 0.218. The standard InChI is InChI=1S/C11H14Cl2O2/c1-11(2,6-14)8-4-7(12)5-9(15-3)10(8)13/h4-5,14H,6H2,1-3H3. The second-order valence-electron chi connectivity index (χ2n) is 4.01. The molecule has 4 heteroatoms. The van der Waals surface area contributed by atoms with Gasteiger partial charge in [-0.2, -0.15) is 0 Å². The first kappa shape index (κ1) is 12.6. The largest absolute Gasteiger partial charge is 0.495 e. The van der Waals surface area contributed by atoms with Crippen molar-refractivity contribution in [1.29, 1.82) is 0 Å². The molecule has 1 N–H and O–H groups in total. The molecule has 0 aliphatic carbocycles. The van der Waals surface area contributed by atoms with Crippen LogP contribution in [0.5, 0.6) is 5.75 Å². The fourth-order valence-electron chi connectivity index (χ4n) is 1.29. The smallest absolute Gasteiger partial charge is 0.139 e. The molecule has 0 unspecified atom stereocenters. The number of aliphatic hydroxyl groups excluding tert-OH is 1. The molecular weight excluding hydrogens is 235 g/mol. The lowest BCUT2D eigenvalue weighted by Crippen LogP contribution is -2.22. The molecule has 0 saturated carbocycles. The first-order valence-electron chi connectivity index (χ1n) is 4.56. The molecule has 0 fully saturated rings. The highest BCUT2D eigenvalue weighted by Crippen LogP contribution is 2.38. The highest BCUT2D eigenvalue weighted by molar-refractivity contribution is 6.35. The molecule has 0 bridgehead atoms. The Balaban J connectivity index is 3.35. The molecule has 15 heavy (non-hydrogen) atoms. The van der Waals surface area contributed by atoms with Crippen molar-refractivity contribution in [2.45, 2.75) is 19.3 Å². The van der Waals surface area contributed by atoms with Crippen LogP contribution in [0.4, 0.5) is 0 Å². The van der Waals surface area contributed by atoms with Crippen LogP contribution in [0.2, 0.25) is 10.0 Å². The van der Waals surface area contributed by atoms with Crippen molar-refractivity contribution in [1.82, 2.24) is 0 Å². The molecule has 2 nitrogen and oxygen atoms in total. The summed E-state index contributed by atoms with van der Waals surface area (Å²) in [5.74, 6) is 0.528. The number of benzene rings is 1. The van der Waals surface area contributed by atoms with Crippen molar-refractivity contribution < 1.29 is 9.84 Å². The number of hydrogen-bond donors (Lipinski definition) is 1. The molecule has 84 valence electrons. The maximum atomic E-state index is 9.28. The highest BCUT2D eigenvalue weighted by atomic mass is 35.5. The summed E-state index contributed by atoms with van der Waals surface area (Å²) in [7, 11) is 1.53. The Morgan fingerprint density at radius 1 is 1.33 bits per heavy atom. The predicted octanol–water partition coefficient (Wildman–Crippen LogP) is 3.27.